The third-order valence-corrected chi connectivity index (χ3v) is 7.98. The first kappa shape index (κ1) is 21.2. The van der Waals surface area contributed by atoms with Crippen LogP contribution in [0.25, 0.3) is 0 Å². The molecular formula is C21H28N4O3S2. The molecule has 7 nitrogen and oxygen atoms in total. The fraction of sp³-hybridized carbons (Fsp3) is 0.571. The predicted molar refractivity (Wildman–Crippen MR) is 118 cm³/mol. The van der Waals surface area contributed by atoms with Gasteiger partial charge in [0, 0.05) is 38.4 Å². The molecule has 0 bridgehead atoms. The van der Waals surface area contributed by atoms with E-state index in [9.17, 15) is 13.2 Å². The summed E-state index contributed by atoms with van der Waals surface area (Å²) in [5.74, 6) is 1.26. The molecule has 0 aliphatic carbocycles. The highest BCUT2D eigenvalue weighted by atomic mass is 32.2. The number of anilines is 1. The van der Waals surface area contributed by atoms with Crippen molar-refractivity contribution >= 4 is 33.0 Å². The Balaban J connectivity index is 1.56. The molecular weight excluding hydrogens is 420 g/mol. The number of sulfone groups is 1. The van der Waals surface area contributed by atoms with E-state index in [1.165, 1.54) is 30.2 Å². The molecule has 2 saturated heterocycles. The fourth-order valence-corrected chi connectivity index (χ4v) is 5.92. The summed E-state index contributed by atoms with van der Waals surface area (Å²) in [4.78, 5) is 26.8. The standard InChI is InChI=1S/C21H28N4O3S2/c1-15-5-3-9-25(14-15)21-22-13-18(30(2,27)28)19(23-21)16-7-10-24(11-8-16)20(26)17-6-4-12-29-17/h4,6,12-13,15-16H,3,5,7-11,14H2,1-2H3/t15-/m1/s1. The Labute approximate surface area is 182 Å². The Morgan fingerprint density at radius 2 is 1.97 bits per heavy atom. The second-order valence-electron chi connectivity index (χ2n) is 8.43. The van der Waals surface area contributed by atoms with Crippen LogP contribution >= 0.6 is 11.3 Å². The maximum Gasteiger partial charge on any atom is 0.263 e. The average Bonchev–Trinajstić information content (AvgIpc) is 3.27. The minimum Gasteiger partial charge on any atom is -0.341 e. The molecule has 0 spiro atoms. The van der Waals surface area contributed by atoms with Crippen molar-refractivity contribution in [2.45, 2.75) is 43.4 Å². The molecule has 0 aromatic carbocycles. The van der Waals surface area contributed by atoms with E-state index in [0.717, 1.165) is 24.4 Å². The first-order valence-electron chi connectivity index (χ1n) is 10.5. The maximum absolute atomic E-state index is 12.6. The number of rotatable bonds is 4. The Hall–Kier alpha value is -2.00. The molecule has 162 valence electrons. The SMILES string of the molecule is C[C@@H]1CCCN(c2ncc(S(C)(=O)=O)c(C3CCN(C(=O)c4cccs4)CC3)n2)C1. The summed E-state index contributed by atoms with van der Waals surface area (Å²) in [6.45, 7) is 5.22. The largest absolute Gasteiger partial charge is 0.341 e. The number of nitrogens with zero attached hydrogens (tertiary/aromatic N) is 4. The molecule has 4 heterocycles. The monoisotopic (exact) mass is 448 g/mol. The molecule has 1 amide bonds. The highest BCUT2D eigenvalue weighted by molar-refractivity contribution is 7.90. The number of carbonyl (C=O) groups is 1. The topological polar surface area (TPSA) is 83.5 Å². The molecule has 2 fully saturated rings. The van der Waals surface area contributed by atoms with Gasteiger partial charge >= 0.3 is 0 Å². The van der Waals surface area contributed by atoms with Crippen LogP contribution in [0.1, 0.15) is 53.9 Å². The number of hydrogen-bond acceptors (Lipinski definition) is 7. The molecule has 0 N–H and O–H groups in total. The van der Waals surface area contributed by atoms with Crippen LogP contribution in [-0.2, 0) is 9.84 Å². The summed E-state index contributed by atoms with van der Waals surface area (Å²) in [5.41, 5.74) is 0.615. The van der Waals surface area contributed by atoms with Crippen LogP contribution < -0.4 is 4.90 Å². The zero-order chi connectivity index (χ0) is 21.3. The van der Waals surface area contributed by atoms with E-state index in [1.807, 2.05) is 22.4 Å². The van der Waals surface area contributed by atoms with Gasteiger partial charge in [-0.05, 0) is 43.0 Å². The van der Waals surface area contributed by atoms with Crippen LogP contribution in [0.5, 0.6) is 0 Å². The van der Waals surface area contributed by atoms with Crippen LogP contribution in [0.2, 0.25) is 0 Å². The van der Waals surface area contributed by atoms with Crippen molar-refractivity contribution in [1.82, 2.24) is 14.9 Å². The van der Waals surface area contributed by atoms with Gasteiger partial charge in [-0.3, -0.25) is 4.79 Å². The highest BCUT2D eigenvalue weighted by Crippen LogP contribution is 2.33. The minimum absolute atomic E-state index is 0.00562. The summed E-state index contributed by atoms with van der Waals surface area (Å²) in [5, 5.41) is 1.90. The second-order valence-corrected chi connectivity index (χ2v) is 11.4. The van der Waals surface area contributed by atoms with Gasteiger partial charge in [0.2, 0.25) is 5.95 Å². The van der Waals surface area contributed by atoms with Gasteiger partial charge in [-0.15, -0.1) is 11.3 Å². The number of hydrogen-bond donors (Lipinski definition) is 0. The number of thiophene rings is 1. The smallest absolute Gasteiger partial charge is 0.263 e. The summed E-state index contributed by atoms with van der Waals surface area (Å²) in [6, 6.07) is 3.73. The number of likely N-dealkylation sites (tertiary alicyclic amines) is 1. The molecule has 2 aromatic rings. The Bertz CT molecular complexity index is 999. The third-order valence-electron chi connectivity index (χ3n) is 6.01. The first-order chi connectivity index (χ1) is 14.3. The second kappa shape index (κ2) is 8.63. The lowest BCUT2D eigenvalue weighted by Crippen LogP contribution is -2.38. The quantitative estimate of drug-likeness (QED) is 0.714. The zero-order valence-electron chi connectivity index (χ0n) is 17.5. The van der Waals surface area contributed by atoms with E-state index in [4.69, 9.17) is 4.98 Å². The molecule has 9 heteroatoms. The van der Waals surface area contributed by atoms with Gasteiger partial charge in [-0.2, -0.15) is 0 Å². The van der Waals surface area contributed by atoms with Crippen LogP contribution in [-0.4, -0.2) is 61.6 Å². The number of aromatic nitrogens is 2. The van der Waals surface area contributed by atoms with Crippen molar-refractivity contribution < 1.29 is 13.2 Å². The number of piperidine rings is 2. The van der Waals surface area contributed by atoms with Crippen molar-refractivity contribution in [3.63, 3.8) is 0 Å². The van der Waals surface area contributed by atoms with Gasteiger partial charge in [0.05, 0.1) is 16.8 Å². The first-order valence-corrected chi connectivity index (χ1v) is 13.2. The Kier molecular flexibility index (Phi) is 6.11. The number of carbonyl (C=O) groups excluding carboxylic acids is 1. The van der Waals surface area contributed by atoms with E-state index in [0.29, 0.717) is 43.5 Å². The molecule has 2 aliphatic heterocycles. The van der Waals surface area contributed by atoms with Gasteiger partial charge in [0.25, 0.3) is 5.91 Å². The summed E-state index contributed by atoms with van der Waals surface area (Å²) >= 11 is 1.45. The van der Waals surface area contributed by atoms with Crippen molar-refractivity contribution in [2.24, 2.45) is 5.92 Å². The lowest BCUT2D eigenvalue weighted by molar-refractivity contribution is 0.0716. The van der Waals surface area contributed by atoms with Gasteiger partial charge in [-0.25, -0.2) is 18.4 Å². The molecule has 0 radical (unpaired) electrons. The molecule has 1 atom stereocenters. The van der Waals surface area contributed by atoms with Crippen LogP contribution in [0.3, 0.4) is 0 Å². The molecule has 4 rings (SSSR count). The number of amides is 1. The lowest BCUT2D eigenvalue weighted by atomic mass is 9.93. The van der Waals surface area contributed by atoms with E-state index >= 15 is 0 Å². The Morgan fingerprint density at radius 1 is 1.20 bits per heavy atom. The van der Waals surface area contributed by atoms with Crippen molar-refractivity contribution in [3.05, 3.63) is 34.3 Å². The van der Waals surface area contributed by atoms with Crippen LogP contribution in [0, 0.1) is 5.92 Å². The van der Waals surface area contributed by atoms with Gasteiger partial charge in [0.1, 0.15) is 4.90 Å². The predicted octanol–water partition coefficient (Wildman–Crippen LogP) is 3.20. The third kappa shape index (κ3) is 4.51. The van der Waals surface area contributed by atoms with Crippen molar-refractivity contribution in [2.75, 3.05) is 37.3 Å². The lowest BCUT2D eigenvalue weighted by Gasteiger charge is -2.34. The minimum atomic E-state index is -3.43. The van der Waals surface area contributed by atoms with Gasteiger partial charge < -0.3 is 9.80 Å². The van der Waals surface area contributed by atoms with Crippen molar-refractivity contribution in [3.8, 4) is 0 Å². The average molecular weight is 449 g/mol. The highest BCUT2D eigenvalue weighted by Gasteiger charge is 2.31. The summed E-state index contributed by atoms with van der Waals surface area (Å²) in [7, 11) is -3.43. The fourth-order valence-electron chi connectivity index (χ4n) is 4.39. The van der Waals surface area contributed by atoms with E-state index in [1.54, 1.807) is 0 Å². The van der Waals surface area contributed by atoms with Gasteiger partial charge in [-0.1, -0.05) is 13.0 Å². The van der Waals surface area contributed by atoms with E-state index < -0.39 is 9.84 Å². The Morgan fingerprint density at radius 3 is 2.60 bits per heavy atom. The van der Waals surface area contributed by atoms with E-state index in [-0.39, 0.29) is 16.7 Å². The maximum atomic E-state index is 12.6. The summed E-state index contributed by atoms with van der Waals surface area (Å²) in [6.07, 6.45) is 6.39. The van der Waals surface area contributed by atoms with Crippen LogP contribution in [0.15, 0.2) is 28.6 Å². The van der Waals surface area contributed by atoms with E-state index in [2.05, 4.69) is 16.8 Å². The molecule has 30 heavy (non-hydrogen) atoms. The normalized spacial score (nSPS) is 21.1. The van der Waals surface area contributed by atoms with Crippen molar-refractivity contribution in [1.29, 1.82) is 0 Å². The molecule has 0 unspecified atom stereocenters. The van der Waals surface area contributed by atoms with Crippen LogP contribution in [0.4, 0.5) is 5.95 Å². The molecule has 2 aliphatic rings. The molecule has 2 aromatic heterocycles. The van der Waals surface area contributed by atoms with Gasteiger partial charge in [0.15, 0.2) is 9.84 Å². The molecule has 0 saturated carbocycles. The summed E-state index contributed by atoms with van der Waals surface area (Å²) < 4.78 is 24.8. The zero-order valence-corrected chi connectivity index (χ0v) is 19.1.